The van der Waals surface area contributed by atoms with Crippen molar-refractivity contribution >= 4 is 11.9 Å². The zero-order valence-corrected chi connectivity index (χ0v) is 11.5. The number of carboxylic acid groups (broad SMARTS) is 1. The molecule has 0 radical (unpaired) electrons. The van der Waals surface area contributed by atoms with Gasteiger partial charge in [-0.25, -0.2) is 4.79 Å². The molecule has 0 bridgehead atoms. The number of hydrogen-bond donors (Lipinski definition) is 2. The third-order valence-corrected chi connectivity index (χ3v) is 4.22. The summed E-state index contributed by atoms with van der Waals surface area (Å²) in [4.78, 5) is 25.0. The molecule has 1 aromatic carbocycles. The molecule has 1 saturated heterocycles. The molecule has 1 amide bonds. The minimum atomic E-state index is -1.71. The largest absolute Gasteiger partial charge is 0.480 e. The van der Waals surface area contributed by atoms with Gasteiger partial charge in [0.15, 0.2) is 11.7 Å². The van der Waals surface area contributed by atoms with Gasteiger partial charge >= 0.3 is 5.97 Å². The molecule has 6 nitrogen and oxygen atoms in total. The van der Waals surface area contributed by atoms with E-state index in [1.54, 1.807) is 4.90 Å². The van der Waals surface area contributed by atoms with E-state index in [1.807, 2.05) is 24.3 Å². The molecule has 1 fully saturated rings. The smallest absolute Gasteiger partial charge is 0.335 e. The van der Waals surface area contributed by atoms with E-state index in [0.29, 0.717) is 6.42 Å². The van der Waals surface area contributed by atoms with Crippen LogP contribution in [-0.4, -0.2) is 51.8 Å². The second-order valence-electron chi connectivity index (χ2n) is 5.58. The minimum absolute atomic E-state index is 0.0493. The normalized spacial score (nSPS) is 23.3. The van der Waals surface area contributed by atoms with E-state index in [0.717, 1.165) is 11.3 Å². The number of aliphatic carboxylic acids is 1. The molecule has 6 heteroatoms. The summed E-state index contributed by atoms with van der Waals surface area (Å²) in [5.41, 5.74) is -0.703. The summed E-state index contributed by atoms with van der Waals surface area (Å²) in [7, 11) is 0. The lowest BCUT2D eigenvalue weighted by atomic mass is 9.91. The van der Waals surface area contributed by atoms with Crippen LogP contribution in [0.4, 0.5) is 0 Å². The highest BCUT2D eigenvalue weighted by Gasteiger charge is 2.42. The van der Waals surface area contributed by atoms with Crippen molar-refractivity contribution in [2.45, 2.75) is 31.0 Å². The Morgan fingerprint density at radius 2 is 1.90 bits per heavy atom. The third-order valence-electron chi connectivity index (χ3n) is 4.22. The Kier molecular flexibility index (Phi) is 3.33. The zero-order chi connectivity index (χ0) is 15.0. The molecule has 21 heavy (non-hydrogen) atoms. The van der Waals surface area contributed by atoms with Crippen LogP contribution in [0, 0.1) is 0 Å². The highest BCUT2D eigenvalue weighted by Crippen LogP contribution is 2.30. The summed E-state index contributed by atoms with van der Waals surface area (Å²) in [6.45, 7) is 0.468. The number of carboxylic acids is 1. The average molecular weight is 291 g/mol. The summed E-state index contributed by atoms with van der Waals surface area (Å²) in [6, 6.07) is 7.53. The number of benzene rings is 1. The van der Waals surface area contributed by atoms with Gasteiger partial charge in [0.25, 0.3) is 5.91 Å². The van der Waals surface area contributed by atoms with E-state index in [1.165, 1.54) is 0 Å². The number of nitrogens with zero attached hydrogens (tertiary/aromatic N) is 1. The molecule has 0 saturated carbocycles. The Morgan fingerprint density at radius 1 is 1.24 bits per heavy atom. The van der Waals surface area contributed by atoms with E-state index in [9.17, 15) is 14.7 Å². The van der Waals surface area contributed by atoms with E-state index in [2.05, 4.69) is 0 Å². The summed E-state index contributed by atoms with van der Waals surface area (Å²) >= 11 is 0. The molecule has 1 atom stereocenters. The number of ether oxygens (including phenoxy) is 1. The molecule has 0 aliphatic carbocycles. The van der Waals surface area contributed by atoms with Gasteiger partial charge in [-0.2, -0.15) is 0 Å². The van der Waals surface area contributed by atoms with E-state index in [4.69, 9.17) is 9.84 Å². The second-order valence-corrected chi connectivity index (χ2v) is 5.58. The number of likely N-dealkylation sites (tertiary alicyclic amines) is 1. The van der Waals surface area contributed by atoms with Gasteiger partial charge in [0, 0.05) is 32.4 Å². The van der Waals surface area contributed by atoms with Crippen LogP contribution in [0.25, 0.3) is 0 Å². The molecule has 0 spiro atoms. The van der Waals surface area contributed by atoms with Crippen molar-refractivity contribution < 1.29 is 24.5 Å². The molecular formula is C15H17NO5. The first-order chi connectivity index (χ1) is 9.99. The Hall–Kier alpha value is -2.08. The predicted octanol–water partition coefficient (Wildman–Crippen LogP) is 0.428. The van der Waals surface area contributed by atoms with Crippen molar-refractivity contribution in [2.24, 2.45) is 0 Å². The Morgan fingerprint density at radius 3 is 2.52 bits per heavy atom. The van der Waals surface area contributed by atoms with E-state index in [-0.39, 0.29) is 31.8 Å². The molecular weight excluding hydrogens is 274 g/mol. The lowest BCUT2D eigenvalue weighted by Gasteiger charge is -2.36. The van der Waals surface area contributed by atoms with Crippen LogP contribution in [0.15, 0.2) is 24.3 Å². The number of hydrogen-bond acceptors (Lipinski definition) is 4. The second kappa shape index (κ2) is 5.04. The first-order valence-corrected chi connectivity index (χ1v) is 6.99. The monoisotopic (exact) mass is 291 g/mol. The van der Waals surface area contributed by atoms with Crippen molar-refractivity contribution in [3.8, 4) is 5.75 Å². The predicted molar refractivity (Wildman–Crippen MR) is 73.0 cm³/mol. The fraction of sp³-hybridized carbons (Fsp3) is 0.467. The van der Waals surface area contributed by atoms with Gasteiger partial charge in [0.05, 0.1) is 0 Å². The average Bonchev–Trinajstić information content (AvgIpc) is 2.91. The van der Waals surface area contributed by atoms with Crippen LogP contribution in [0.2, 0.25) is 0 Å². The first kappa shape index (κ1) is 13.9. The Bertz CT molecular complexity index is 552. The van der Waals surface area contributed by atoms with Crippen LogP contribution < -0.4 is 4.74 Å². The van der Waals surface area contributed by atoms with Crippen LogP contribution in [0.1, 0.15) is 18.4 Å². The molecule has 2 aliphatic rings. The summed E-state index contributed by atoms with van der Waals surface area (Å²) in [5.74, 6) is -0.632. The lowest BCUT2D eigenvalue weighted by molar-refractivity contribution is -0.166. The Labute approximate surface area is 121 Å². The van der Waals surface area contributed by atoms with Crippen LogP contribution in [-0.2, 0) is 16.0 Å². The standard InChI is InChI=1S/C15H17NO5/c17-13(12-9-10-3-1-2-4-11(10)21-12)16-7-5-15(20,6-8-16)14(18)19/h1-4,12,20H,5-9H2,(H,18,19). The topological polar surface area (TPSA) is 87.1 Å². The first-order valence-electron chi connectivity index (χ1n) is 6.99. The third kappa shape index (κ3) is 2.47. The Balaban J connectivity index is 1.63. The van der Waals surface area contributed by atoms with Crippen LogP contribution in [0.3, 0.4) is 0 Å². The van der Waals surface area contributed by atoms with Crippen molar-refractivity contribution in [1.29, 1.82) is 0 Å². The van der Waals surface area contributed by atoms with Gasteiger partial charge in [0.2, 0.25) is 0 Å². The number of amides is 1. The summed E-state index contributed by atoms with van der Waals surface area (Å²) in [5, 5.41) is 18.9. The SMILES string of the molecule is O=C(C1Cc2ccccc2O1)N1CCC(O)(C(=O)O)CC1. The number of carbonyl (C=O) groups is 2. The zero-order valence-electron chi connectivity index (χ0n) is 11.5. The molecule has 112 valence electrons. The molecule has 1 aromatic rings. The fourth-order valence-corrected chi connectivity index (χ4v) is 2.83. The van der Waals surface area contributed by atoms with Gasteiger partial charge in [0.1, 0.15) is 5.75 Å². The van der Waals surface area contributed by atoms with Gasteiger partial charge in [-0.15, -0.1) is 0 Å². The quantitative estimate of drug-likeness (QED) is 0.825. The molecule has 1 unspecified atom stereocenters. The number of fused-ring (bicyclic) bond motifs is 1. The van der Waals surface area contributed by atoms with Crippen molar-refractivity contribution in [1.82, 2.24) is 4.90 Å². The number of piperidine rings is 1. The van der Waals surface area contributed by atoms with Gasteiger partial charge in [-0.05, 0) is 11.6 Å². The fourth-order valence-electron chi connectivity index (χ4n) is 2.83. The van der Waals surface area contributed by atoms with E-state index >= 15 is 0 Å². The molecule has 0 aromatic heterocycles. The molecule has 2 aliphatic heterocycles. The number of para-hydroxylation sites is 1. The van der Waals surface area contributed by atoms with Gasteiger partial charge in [-0.3, -0.25) is 4.79 Å². The highest BCUT2D eigenvalue weighted by molar-refractivity contribution is 5.83. The summed E-state index contributed by atoms with van der Waals surface area (Å²) < 4.78 is 5.65. The van der Waals surface area contributed by atoms with Crippen LogP contribution >= 0.6 is 0 Å². The van der Waals surface area contributed by atoms with Crippen molar-refractivity contribution in [3.63, 3.8) is 0 Å². The van der Waals surface area contributed by atoms with E-state index < -0.39 is 17.7 Å². The molecule has 2 N–H and O–H groups in total. The summed E-state index contributed by atoms with van der Waals surface area (Å²) in [6.07, 6.45) is 0.0920. The molecule has 2 heterocycles. The van der Waals surface area contributed by atoms with Gasteiger partial charge < -0.3 is 19.8 Å². The maximum absolute atomic E-state index is 12.4. The van der Waals surface area contributed by atoms with Gasteiger partial charge in [-0.1, -0.05) is 18.2 Å². The molecule has 3 rings (SSSR count). The lowest BCUT2D eigenvalue weighted by Crippen LogP contribution is -2.53. The maximum Gasteiger partial charge on any atom is 0.335 e. The minimum Gasteiger partial charge on any atom is -0.480 e. The van der Waals surface area contributed by atoms with Crippen LogP contribution in [0.5, 0.6) is 5.75 Å². The maximum atomic E-state index is 12.4. The van der Waals surface area contributed by atoms with Crippen molar-refractivity contribution in [2.75, 3.05) is 13.1 Å². The van der Waals surface area contributed by atoms with Crippen molar-refractivity contribution in [3.05, 3.63) is 29.8 Å². The highest BCUT2D eigenvalue weighted by atomic mass is 16.5. The number of aliphatic hydroxyl groups is 1. The number of rotatable bonds is 2. The number of carbonyl (C=O) groups excluding carboxylic acids is 1.